The van der Waals surface area contributed by atoms with E-state index in [0.717, 1.165) is 34.6 Å². The largest absolute Gasteiger partial charge is 0.456 e. The molecule has 0 atom stereocenters. The summed E-state index contributed by atoms with van der Waals surface area (Å²) >= 11 is 1.60. The van der Waals surface area contributed by atoms with Gasteiger partial charge >= 0.3 is 5.97 Å². The number of ether oxygens (including phenoxy) is 1. The number of hydrogen-bond donors (Lipinski definition) is 1. The minimum atomic E-state index is -0.561. The second-order valence-electron chi connectivity index (χ2n) is 6.52. The smallest absolute Gasteiger partial charge is 0.306 e. The summed E-state index contributed by atoms with van der Waals surface area (Å²) in [7, 11) is 0. The summed E-state index contributed by atoms with van der Waals surface area (Å²) in [6, 6.07) is 13.2. The molecule has 1 amide bonds. The van der Waals surface area contributed by atoms with Crippen LogP contribution in [-0.4, -0.2) is 30.5 Å². The van der Waals surface area contributed by atoms with Crippen LogP contribution >= 0.6 is 11.8 Å². The monoisotopic (exact) mass is 413 g/mol. The Morgan fingerprint density at radius 2 is 1.55 bits per heavy atom. The summed E-state index contributed by atoms with van der Waals surface area (Å²) in [5, 5.41) is 2.85. The summed E-state index contributed by atoms with van der Waals surface area (Å²) in [6.07, 6.45) is 3.55. The van der Waals surface area contributed by atoms with Gasteiger partial charge in [-0.3, -0.25) is 14.4 Å². The molecule has 154 valence electrons. The molecule has 0 saturated carbocycles. The van der Waals surface area contributed by atoms with E-state index >= 15 is 0 Å². The molecule has 0 radical (unpaired) electrons. The lowest BCUT2D eigenvalue weighted by Gasteiger charge is -2.14. The molecule has 0 aliphatic heterocycles. The Labute approximate surface area is 176 Å². The minimum absolute atomic E-state index is 0.0533. The van der Waals surface area contributed by atoms with Crippen LogP contribution in [0.15, 0.2) is 47.4 Å². The van der Waals surface area contributed by atoms with Gasteiger partial charge in [-0.1, -0.05) is 44.2 Å². The zero-order valence-electron chi connectivity index (χ0n) is 17.1. The molecule has 0 heterocycles. The number of esters is 1. The maximum atomic E-state index is 12.2. The third-order valence-electron chi connectivity index (χ3n) is 4.60. The van der Waals surface area contributed by atoms with Crippen LogP contribution in [-0.2, 0) is 27.2 Å². The molecule has 0 aromatic heterocycles. The number of ketones is 1. The fourth-order valence-corrected chi connectivity index (χ4v) is 3.34. The van der Waals surface area contributed by atoms with Crippen LogP contribution in [0.2, 0.25) is 0 Å². The number of nitrogens with one attached hydrogen (secondary N) is 1. The zero-order valence-corrected chi connectivity index (χ0v) is 17.9. The summed E-state index contributed by atoms with van der Waals surface area (Å²) < 4.78 is 5.04. The first-order valence-corrected chi connectivity index (χ1v) is 10.9. The molecule has 0 unspecified atom stereocenters. The van der Waals surface area contributed by atoms with E-state index in [1.807, 2.05) is 50.4 Å². The number of aryl methyl sites for hydroxylation is 2. The highest BCUT2D eigenvalue weighted by atomic mass is 32.2. The molecule has 6 heteroatoms. The standard InChI is InChI=1S/C23H27NO4S/c1-4-16-7-6-8-17(5-2)23(16)24-21(26)15-28-22(27)14-13-20(25)18-9-11-19(29-3)12-10-18/h6-12H,4-5,13-15H2,1-3H3,(H,24,26). The van der Waals surface area contributed by atoms with Crippen LogP contribution in [0.25, 0.3) is 0 Å². The quantitative estimate of drug-likeness (QED) is 0.348. The van der Waals surface area contributed by atoms with Crippen molar-refractivity contribution < 1.29 is 19.1 Å². The molecule has 2 aromatic rings. The van der Waals surface area contributed by atoms with Crippen molar-refractivity contribution in [2.24, 2.45) is 0 Å². The maximum absolute atomic E-state index is 12.2. The van der Waals surface area contributed by atoms with Crippen molar-refractivity contribution in [3.63, 3.8) is 0 Å². The van der Waals surface area contributed by atoms with E-state index in [-0.39, 0.29) is 31.1 Å². The molecule has 0 aliphatic carbocycles. The highest BCUT2D eigenvalue weighted by Gasteiger charge is 2.14. The van der Waals surface area contributed by atoms with Crippen molar-refractivity contribution in [3.8, 4) is 0 Å². The Hall–Kier alpha value is -2.60. The van der Waals surface area contributed by atoms with Crippen molar-refractivity contribution in [2.45, 2.75) is 44.4 Å². The molecule has 0 fully saturated rings. The Balaban J connectivity index is 1.81. The van der Waals surface area contributed by atoms with Crippen LogP contribution < -0.4 is 5.32 Å². The number of Topliss-reactive ketones (excluding diaryl/α,β-unsaturated/α-hetero) is 1. The zero-order chi connectivity index (χ0) is 21.2. The maximum Gasteiger partial charge on any atom is 0.306 e. The number of anilines is 1. The summed E-state index contributed by atoms with van der Waals surface area (Å²) in [5.74, 6) is -1.06. The van der Waals surface area contributed by atoms with Gasteiger partial charge in [-0.25, -0.2) is 0 Å². The number of para-hydroxylation sites is 1. The van der Waals surface area contributed by atoms with Gasteiger partial charge in [0, 0.05) is 22.6 Å². The fourth-order valence-electron chi connectivity index (χ4n) is 2.93. The van der Waals surface area contributed by atoms with Crippen molar-refractivity contribution in [3.05, 3.63) is 59.2 Å². The topological polar surface area (TPSA) is 72.5 Å². The van der Waals surface area contributed by atoms with Crippen molar-refractivity contribution in [2.75, 3.05) is 18.2 Å². The molecule has 0 saturated heterocycles. The van der Waals surface area contributed by atoms with Gasteiger partial charge in [0.05, 0.1) is 6.42 Å². The summed E-state index contributed by atoms with van der Waals surface area (Å²) in [4.78, 5) is 37.4. The predicted molar refractivity (Wildman–Crippen MR) is 117 cm³/mol. The molecule has 2 rings (SSSR count). The van der Waals surface area contributed by atoms with E-state index in [1.165, 1.54) is 0 Å². The first kappa shape index (κ1) is 22.7. The molecular weight excluding hydrogens is 386 g/mol. The van der Waals surface area contributed by atoms with Crippen molar-refractivity contribution >= 4 is 35.1 Å². The lowest BCUT2D eigenvalue weighted by atomic mass is 10.0. The molecule has 0 spiro atoms. The SMILES string of the molecule is CCc1cccc(CC)c1NC(=O)COC(=O)CCC(=O)c1ccc(SC)cc1. The number of carbonyl (C=O) groups is 3. The van der Waals surface area contributed by atoms with Gasteiger partial charge in [-0.05, 0) is 42.4 Å². The molecule has 29 heavy (non-hydrogen) atoms. The van der Waals surface area contributed by atoms with Crippen LogP contribution in [0.1, 0.15) is 48.2 Å². The second kappa shape index (κ2) is 11.4. The predicted octanol–water partition coefficient (Wildman–Crippen LogP) is 4.68. The Morgan fingerprint density at radius 3 is 2.10 bits per heavy atom. The third kappa shape index (κ3) is 6.75. The van der Waals surface area contributed by atoms with Gasteiger partial charge < -0.3 is 10.1 Å². The highest BCUT2D eigenvalue weighted by molar-refractivity contribution is 7.98. The fraction of sp³-hybridized carbons (Fsp3) is 0.348. The van der Waals surface area contributed by atoms with Gasteiger partial charge in [0.25, 0.3) is 5.91 Å². The van der Waals surface area contributed by atoms with Gasteiger partial charge in [0.2, 0.25) is 0 Å². The lowest BCUT2D eigenvalue weighted by Crippen LogP contribution is -2.22. The Morgan fingerprint density at radius 1 is 0.931 bits per heavy atom. The molecule has 0 bridgehead atoms. The van der Waals surface area contributed by atoms with Gasteiger partial charge in [0.15, 0.2) is 12.4 Å². The van der Waals surface area contributed by atoms with E-state index < -0.39 is 5.97 Å². The van der Waals surface area contributed by atoms with Crippen LogP contribution in [0.5, 0.6) is 0 Å². The Bertz CT molecular complexity index is 839. The number of benzene rings is 2. The second-order valence-corrected chi connectivity index (χ2v) is 7.40. The van der Waals surface area contributed by atoms with Crippen LogP contribution in [0, 0.1) is 0 Å². The summed E-state index contributed by atoms with van der Waals surface area (Å²) in [6.45, 7) is 3.68. The molecule has 1 N–H and O–H groups in total. The van der Waals surface area contributed by atoms with Gasteiger partial charge in [0.1, 0.15) is 0 Å². The van der Waals surface area contributed by atoms with E-state index in [1.54, 1.807) is 23.9 Å². The van der Waals surface area contributed by atoms with Crippen LogP contribution in [0.4, 0.5) is 5.69 Å². The molecule has 0 aliphatic rings. The van der Waals surface area contributed by atoms with Crippen molar-refractivity contribution in [1.82, 2.24) is 0 Å². The average molecular weight is 414 g/mol. The minimum Gasteiger partial charge on any atom is -0.456 e. The number of carbonyl (C=O) groups excluding carboxylic acids is 3. The number of thioether (sulfide) groups is 1. The summed E-state index contributed by atoms with van der Waals surface area (Å²) in [5.41, 5.74) is 3.45. The first-order chi connectivity index (χ1) is 14.0. The van der Waals surface area contributed by atoms with Crippen LogP contribution in [0.3, 0.4) is 0 Å². The van der Waals surface area contributed by atoms with E-state index in [2.05, 4.69) is 5.32 Å². The highest BCUT2D eigenvalue weighted by Crippen LogP contribution is 2.22. The van der Waals surface area contributed by atoms with E-state index in [4.69, 9.17) is 4.74 Å². The molecule has 2 aromatic carbocycles. The number of hydrogen-bond acceptors (Lipinski definition) is 5. The number of amides is 1. The van der Waals surface area contributed by atoms with Gasteiger partial charge in [-0.2, -0.15) is 0 Å². The van der Waals surface area contributed by atoms with Gasteiger partial charge in [-0.15, -0.1) is 11.8 Å². The molecule has 5 nitrogen and oxygen atoms in total. The molecular formula is C23H27NO4S. The van der Waals surface area contributed by atoms with E-state index in [9.17, 15) is 14.4 Å². The first-order valence-electron chi connectivity index (χ1n) is 9.71. The normalized spacial score (nSPS) is 10.4. The average Bonchev–Trinajstić information content (AvgIpc) is 2.76. The lowest BCUT2D eigenvalue weighted by molar-refractivity contribution is -0.147. The third-order valence-corrected chi connectivity index (χ3v) is 5.34. The van der Waals surface area contributed by atoms with E-state index in [0.29, 0.717) is 5.56 Å². The van der Waals surface area contributed by atoms with Crippen molar-refractivity contribution in [1.29, 1.82) is 0 Å². The number of rotatable bonds is 10. The Kier molecular flexibility index (Phi) is 8.93.